The number of benzene rings is 1. The molecule has 0 aliphatic rings. The van der Waals surface area contributed by atoms with Gasteiger partial charge in [-0.3, -0.25) is 4.79 Å². The van der Waals surface area contributed by atoms with E-state index in [1.807, 2.05) is 0 Å². The van der Waals surface area contributed by atoms with Gasteiger partial charge in [-0.1, -0.05) is 0 Å². The first kappa shape index (κ1) is 17.9. The number of carbonyl (C=O) groups is 2. The van der Waals surface area contributed by atoms with Gasteiger partial charge in [-0.2, -0.15) is 11.8 Å². The molecule has 1 heterocycles. The van der Waals surface area contributed by atoms with Crippen LogP contribution in [-0.2, 0) is 16.0 Å². The fourth-order valence-corrected chi connectivity index (χ4v) is 2.88. The summed E-state index contributed by atoms with van der Waals surface area (Å²) in [5.74, 6) is -1.86. The lowest BCUT2D eigenvalue weighted by molar-refractivity contribution is -0.307. The number of carbonyl (C=O) groups excluding carboxylic acids is 2. The lowest BCUT2D eigenvalue weighted by Gasteiger charge is -2.18. The Morgan fingerprint density at radius 2 is 2.12 bits per heavy atom. The number of nitrogens with one attached hydrogen (secondary N) is 1. The van der Waals surface area contributed by atoms with Crippen molar-refractivity contribution in [2.24, 2.45) is 0 Å². The summed E-state index contributed by atoms with van der Waals surface area (Å²) < 4.78 is 5.13. The van der Waals surface area contributed by atoms with E-state index < -0.39 is 23.5 Å². The van der Waals surface area contributed by atoms with Crippen LogP contribution in [0.1, 0.15) is 11.1 Å². The maximum absolute atomic E-state index is 12.1. The Labute approximate surface area is 141 Å². The standard InChI is InChI=1S/C16H17NO6S/c1-8-10-4-3-9(18)5-13(10)23-16(22)11(8)6-14(19)17-12(7-24-2)15(20)21/h3-5,12,18H,6-7H2,1-2H3,(H,17,19)(H,20,21)/p-1/t12-/m0/s1. The van der Waals surface area contributed by atoms with Gasteiger partial charge in [-0.25, -0.2) is 4.79 Å². The molecule has 0 aliphatic carbocycles. The van der Waals surface area contributed by atoms with Crippen molar-refractivity contribution in [2.75, 3.05) is 12.0 Å². The Balaban J connectivity index is 2.29. The van der Waals surface area contributed by atoms with Crippen LogP contribution in [0.2, 0.25) is 0 Å². The predicted octanol–water partition coefficient (Wildman–Crippen LogP) is -0.0528. The molecule has 24 heavy (non-hydrogen) atoms. The van der Waals surface area contributed by atoms with Gasteiger partial charge in [0.25, 0.3) is 0 Å². The summed E-state index contributed by atoms with van der Waals surface area (Å²) in [5.41, 5.74) is 0.213. The van der Waals surface area contributed by atoms with E-state index in [0.29, 0.717) is 10.9 Å². The molecule has 0 saturated carbocycles. The normalized spacial score (nSPS) is 12.1. The van der Waals surface area contributed by atoms with E-state index in [1.165, 1.54) is 23.9 Å². The SMILES string of the molecule is CSC[C@H](NC(=O)Cc1c(C)c2ccc(O)cc2oc1=O)C(=O)[O-]. The van der Waals surface area contributed by atoms with Crippen molar-refractivity contribution in [3.05, 3.63) is 39.7 Å². The molecule has 0 saturated heterocycles. The molecule has 128 valence electrons. The molecule has 2 N–H and O–H groups in total. The van der Waals surface area contributed by atoms with E-state index in [-0.39, 0.29) is 29.1 Å². The summed E-state index contributed by atoms with van der Waals surface area (Å²) in [4.78, 5) is 35.1. The third-order valence-electron chi connectivity index (χ3n) is 3.56. The maximum Gasteiger partial charge on any atom is 0.340 e. The second kappa shape index (κ2) is 7.39. The second-order valence-electron chi connectivity index (χ2n) is 5.24. The molecule has 0 aliphatic heterocycles. The van der Waals surface area contributed by atoms with Gasteiger partial charge in [-0.05, 0) is 30.9 Å². The monoisotopic (exact) mass is 350 g/mol. The van der Waals surface area contributed by atoms with Crippen molar-refractivity contribution in [1.82, 2.24) is 5.32 Å². The Morgan fingerprint density at radius 1 is 1.42 bits per heavy atom. The number of carboxylic acids is 1. The Bertz CT molecular complexity index is 844. The lowest BCUT2D eigenvalue weighted by Crippen LogP contribution is -2.50. The van der Waals surface area contributed by atoms with E-state index in [0.717, 1.165) is 0 Å². The number of thioether (sulfide) groups is 1. The van der Waals surface area contributed by atoms with Gasteiger partial charge in [0.15, 0.2) is 0 Å². The number of carboxylic acid groups (broad SMARTS) is 1. The molecule has 0 fully saturated rings. The quantitative estimate of drug-likeness (QED) is 0.701. The van der Waals surface area contributed by atoms with Gasteiger partial charge in [0.05, 0.1) is 24.0 Å². The predicted molar refractivity (Wildman–Crippen MR) is 87.9 cm³/mol. The van der Waals surface area contributed by atoms with Crippen LogP contribution in [0, 0.1) is 6.92 Å². The summed E-state index contributed by atoms with van der Waals surface area (Å²) in [7, 11) is 0. The first-order chi connectivity index (χ1) is 11.3. The molecule has 7 nitrogen and oxygen atoms in total. The zero-order valence-corrected chi connectivity index (χ0v) is 13.9. The number of aliphatic carboxylic acids is 1. The van der Waals surface area contributed by atoms with E-state index >= 15 is 0 Å². The number of aromatic hydroxyl groups is 1. The van der Waals surface area contributed by atoms with Crippen molar-refractivity contribution in [2.45, 2.75) is 19.4 Å². The summed E-state index contributed by atoms with van der Waals surface area (Å²) in [5, 5.41) is 23.3. The number of phenolic OH excluding ortho intramolecular Hbond substituents is 1. The fraction of sp³-hybridized carbons (Fsp3) is 0.312. The number of hydrogen-bond donors (Lipinski definition) is 2. The average Bonchev–Trinajstić information content (AvgIpc) is 2.50. The van der Waals surface area contributed by atoms with Gasteiger partial charge in [-0.15, -0.1) is 0 Å². The number of aryl methyl sites for hydroxylation is 1. The number of amides is 1. The number of rotatable bonds is 6. The number of phenols is 1. The average molecular weight is 350 g/mol. The van der Waals surface area contributed by atoms with Crippen molar-refractivity contribution in [3.63, 3.8) is 0 Å². The smallest absolute Gasteiger partial charge is 0.340 e. The highest BCUT2D eigenvalue weighted by Crippen LogP contribution is 2.23. The molecule has 1 atom stereocenters. The van der Waals surface area contributed by atoms with Crippen molar-refractivity contribution in [1.29, 1.82) is 0 Å². The Kier molecular flexibility index (Phi) is 5.50. The summed E-state index contributed by atoms with van der Waals surface area (Å²) >= 11 is 1.26. The van der Waals surface area contributed by atoms with Gasteiger partial charge >= 0.3 is 5.63 Å². The van der Waals surface area contributed by atoms with Crippen LogP contribution in [0.5, 0.6) is 5.75 Å². The highest BCUT2D eigenvalue weighted by Gasteiger charge is 2.18. The van der Waals surface area contributed by atoms with Gasteiger partial charge in [0.1, 0.15) is 11.3 Å². The van der Waals surface area contributed by atoms with Crippen molar-refractivity contribution < 1.29 is 24.2 Å². The summed E-state index contributed by atoms with van der Waals surface area (Å²) in [6.45, 7) is 1.66. The van der Waals surface area contributed by atoms with Crippen LogP contribution in [0.3, 0.4) is 0 Å². The largest absolute Gasteiger partial charge is 0.548 e. The van der Waals surface area contributed by atoms with Gasteiger partial charge < -0.3 is 24.7 Å². The first-order valence-electron chi connectivity index (χ1n) is 7.08. The zero-order chi connectivity index (χ0) is 17.9. The van der Waals surface area contributed by atoms with Crippen LogP contribution in [0.15, 0.2) is 27.4 Å². The number of hydrogen-bond acceptors (Lipinski definition) is 7. The lowest BCUT2D eigenvalue weighted by atomic mass is 10.0. The molecule has 2 aromatic rings. The molecule has 0 radical (unpaired) electrons. The van der Waals surface area contributed by atoms with Crippen LogP contribution >= 0.6 is 11.8 Å². The van der Waals surface area contributed by atoms with Crippen molar-refractivity contribution in [3.8, 4) is 5.75 Å². The molecular formula is C16H16NO6S-. The van der Waals surface area contributed by atoms with E-state index in [1.54, 1.807) is 19.2 Å². The van der Waals surface area contributed by atoms with E-state index in [9.17, 15) is 24.6 Å². The molecule has 0 spiro atoms. The molecule has 2 rings (SSSR count). The molecule has 1 aromatic heterocycles. The van der Waals surface area contributed by atoms with E-state index in [4.69, 9.17) is 4.42 Å². The molecule has 1 aromatic carbocycles. The summed E-state index contributed by atoms with van der Waals surface area (Å²) in [6, 6.07) is 3.22. The van der Waals surface area contributed by atoms with Gasteiger partial charge in [0, 0.05) is 17.2 Å². The third-order valence-corrected chi connectivity index (χ3v) is 4.23. The summed E-state index contributed by atoms with van der Waals surface area (Å²) in [6.07, 6.45) is 1.41. The topological polar surface area (TPSA) is 120 Å². The van der Waals surface area contributed by atoms with Crippen molar-refractivity contribution >= 4 is 34.6 Å². The Morgan fingerprint density at radius 3 is 2.75 bits per heavy atom. The third kappa shape index (κ3) is 3.88. The number of fused-ring (bicyclic) bond motifs is 1. The van der Waals surface area contributed by atoms with Crippen LogP contribution in [-0.4, -0.2) is 35.0 Å². The Hall–Kier alpha value is -2.48. The van der Waals surface area contributed by atoms with E-state index in [2.05, 4.69) is 5.32 Å². The highest BCUT2D eigenvalue weighted by molar-refractivity contribution is 7.98. The van der Waals surface area contributed by atoms with Crippen LogP contribution < -0.4 is 16.0 Å². The molecular weight excluding hydrogens is 334 g/mol. The minimum atomic E-state index is -1.38. The minimum Gasteiger partial charge on any atom is -0.548 e. The molecule has 1 amide bonds. The molecule has 0 bridgehead atoms. The highest BCUT2D eigenvalue weighted by atomic mass is 32.2. The molecule has 8 heteroatoms. The van der Waals surface area contributed by atoms with Crippen LogP contribution in [0.4, 0.5) is 0 Å². The van der Waals surface area contributed by atoms with Gasteiger partial charge in [0.2, 0.25) is 5.91 Å². The minimum absolute atomic E-state index is 0.0376. The zero-order valence-electron chi connectivity index (χ0n) is 13.1. The second-order valence-corrected chi connectivity index (χ2v) is 6.16. The maximum atomic E-state index is 12.1. The molecule has 0 unspecified atom stereocenters. The fourth-order valence-electron chi connectivity index (χ4n) is 2.33. The van der Waals surface area contributed by atoms with Crippen LogP contribution in [0.25, 0.3) is 11.0 Å². The first-order valence-corrected chi connectivity index (χ1v) is 8.47.